The first-order valence-electron chi connectivity index (χ1n) is 4.76. The molecule has 0 aliphatic carbocycles. The molecule has 0 saturated carbocycles. The Morgan fingerprint density at radius 1 is 1.62 bits per heavy atom. The maximum atomic E-state index is 13.6. The highest BCUT2D eigenvalue weighted by Crippen LogP contribution is 2.30. The predicted octanol–water partition coefficient (Wildman–Crippen LogP) is -1.17. The lowest BCUT2D eigenvalue weighted by molar-refractivity contribution is -0.0491. The van der Waals surface area contributed by atoms with Gasteiger partial charge in [0.1, 0.15) is 12.2 Å². The quantitative estimate of drug-likeness (QED) is 0.669. The van der Waals surface area contributed by atoms with E-state index >= 15 is 0 Å². The number of ether oxygens (including phenoxy) is 1. The molecule has 2 heterocycles. The Hall–Kier alpha value is -1.31. The van der Waals surface area contributed by atoms with Gasteiger partial charge in [0, 0.05) is 12.4 Å². The third kappa shape index (κ3) is 1.73. The van der Waals surface area contributed by atoms with Gasteiger partial charge in [-0.3, -0.25) is 4.57 Å². The van der Waals surface area contributed by atoms with Crippen LogP contribution >= 0.6 is 0 Å². The van der Waals surface area contributed by atoms with Crippen LogP contribution in [0, 0.1) is 0 Å². The maximum Gasteiger partial charge on any atom is 0.349 e. The van der Waals surface area contributed by atoms with E-state index < -0.39 is 36.9 Å². The predicted molar refractivity (Wildman–Crippen MR) is 50.4 cm³/mol. The van der Waals surface area contributed by atoms with Crippen LogP contribution in [0.25, 0.3) is 0 Å². The van der Waals surface area contributed by atoms with Crippen molar-refractivity contribution in [1.29, 1.82) is 0 Å². The Bertz CT molecular complexity index is 424. The van der Waals surface area contributed by atoms with E-state index in [2.05, 4.69) is 4.98 Å². The molecule has 0 radical (unpaired) electrons. The standard InChI is InChI=1S/C9H11FN2O4/c10-6-7(14)5(4-13)16-8(6)12-3-1-2-11-9(12)15/h1-3,5-8,13-14H,4H2/t5-,6-,7?,8-/m1/s1. The summed E-state index contributed by atoms with van der Waals surface area (Å²) in [6, 6.07) is 1.45. The Labute approximate surface area is 89.9 Å². The highest BCUT2D eigenvalue weighted by atomic mass is 19.1. The van der Waals surface area contributed by atoms with E-state index in [1.165, 1.54) is 18.5 Å². The van der Waals surface area contributed by atoms with E-state index in [1.807, 2.05) is 0 Å². The van der Waals surface area contributed by atoms with Gasteiger partial charge >= 0.3 is 5.69 Å². The van der Waals surface area contributed by atoms with Gasteiger partial charge in [0.05, 0.1) is 6.61 Å². The molecule has 1 saturated heterocycles. The molecular weight excluding hydrogens is 219 g/mol. The Morgan fingerprint density at radius 2 is 2.38 bits per heavy atom. The SMILES string of the molecule is O=c1ncccn1[C@@H]1O[C@H](CO)C(O)[C@H]1F. The first kappa shape index (κ1) is 11.2. The number of hydrogen-bond donors (Lipinski definition) is 2. The lowest BCUT2D eigenvalue weighted by Gasteiger charge is -2.14. The number of hydrogen-bond acceptors (Lipinski definition) is 5. The molecule has 6 nitrogen and oxygen atoms in total. The molecule has 4 atom stereocenters. The van der Waals surface area contributed by atoms with Crippen molar-refractivity contribution in [2.45, 2.75) is 24.6 Å². The van der Waals surface area contributed by atoms with Gasteiger partial charge in [-0.15, -0.1) is 0 Å². The third-order valence-corrected chi connectivity index (χ3v) is 2.49. The second-order valence-corrected chi connectivity index (χ2v) is 3.49. The van der Waals surface area contributed by atoms with Crippen LogP contribution < -0.4 is 5.69 Å². The average molecular weight is 230 g/mol. The van der Waals surface area contributed by atoms with Gasteiger partial charge in [-0.1, -0.05) is 0 Å². The van der Waals surface area contributed by atoms with Gasteiger partial charge in [-0.25, -0.2) is 14.2 Å². The molecule has 7 heteroatoms. The highest BCUT2D eigenvalue weighted by Gasteiger charge is 2.45. The van der Waals surface area contributed by atoms with Crippen LogP contribution in [0.4, 0.5) is 4.39 Å². The van der Waals surface area contributed by atoms with E-state index in [9.17, 15) is 14.3 Å². The van der Waals surface area contributed by atoms with Crippen molar-refractivity contribution >= 4 is 0 Å². The molecule has 1 fully saturated rings. The number of alkyl halides is 1. The fourth-order valence-electron chi connectivity index (χ4n) is 1.64. The Morgan fingerprint density at radius 3 is 2.94 bits per heavy atom. The van der Waals surface area contributed by atoms with E-state index in [0.29, 0.717) is 0 Å². The molecule has 1 aromatic rings. The van der Waals surface area contributed by atoms with Crippen LogP contribution in [-0.4, -0.2) is 44.8 Å². The van der Waals surface area contributed by atoms with Crippen LogP contribution in [0.5, 0.6) is 0 Å². The molecule has 0 amide bonds. The summed E-state index contributed by atoms with van der Waals surface area (Å²) in [7, 11) is 0. The van der Waals surface area contributed by atoms with Crippen LogP contribution in [-0.2, 0) is 4.74 Å². The summed E-state index contributed by atoms with van der Waals surface area (Å²) < 4.78 is 19.6. The van der Waals surface area contributed by atoms with Crippen molar-refractivity contribution in [3.05, 3.63) is 28.9 Å². The fraction of sp³-hybridized carbons (Fsp3) is 0.556. The van der Waals surface area contributed by atoms with Gasteiger partial charge in [-0.05, 0) is 6.07 Å². The first-order valence-corrected chi connectivity index (χ1v) is 4.76. The molecule has 1 aromatic heterocycles. The highest BCUT2D eigenvalue weighted by molar-refractivity contribution is 4.92. The van der Waals surface area contributed by atoms with Gasteiger partial charge in [-0.2, -0.15) is 0 Å². The van der Waals surface area contributed by atoms with E-state index in [1.54, 1.807) is 0 Å². The molecule has 0 aromatic carbocycles. The number of aromatic nitrogens is 2. The summed E-state index contributed by atoms with van der Waals surface area (Å²) >= 11 is 0. The van der Waals surface area contributed by atoms with Crippen molar-refractivity contribution in [1.82, 2.24) is 9.55 Å². The zero-order chi connectivity index (χ0) is 11.7. The smallest absolute Gasteiger partial charge is 0.349 e. The number of nitrogens with zero attached hydrogens (tertiary/aromatic N) is 2. The molecule has 1 aliphatic heterocycles. The van der Waals surface area contributed by atoms with Crippen molar-refractivity contribution in [2.75, 3.05) is 6.61 Å². The summed E-state index contributed by atoms with van der Waals surface area (Å²) in [5.74, 6) is 0. The summed E-state index contributed by atoms with van der Waals surface area (Å²) in [5, 5.41) is 18.2. The number of halogens is 1. The van der Waals surface area contributed by atoms with Gasteiger partial charge in [0.2, 0.25) is 0 Å². The second kappa shape index (κ2) is 4.28. The van der Waals surface area contributed by atoms with Crippen LogP contribution in [0.3, 0.4) is 0 Å². The summed E-state index contributed by atoms with van der Waals surface area (Å²) in [4.78, 5) is 14.8. The second-order valence-electron chi connectivity index (χ2n) is 3.49. The van der Waals surface area contributed by atoms with Gasteiger partial charge < -0.3 is 14.9 Å². The molecule has 2 N–H and O–H groups in total. The number of aliphatic hydroxyl groups excluding tert-OH is 2. The lowest BCUT2D eigenvalue weighted by atomic mass is 10.1. The van der Waals surface area contributed by atoms with E-state index in [0.717, 1.165) is 4.57 Å². The fourth-order valence-corrected chi connectivity index (χ4v) is 1.64. The lowest BCUT2D eigenvalue weighted by Crippen LogP contribution is -2.33. The minimum atomic E-state index is -1.76. The van der Waals surface area contributed by atoms with Gasteiger partial charge in [0.25, 0.3) is 0 Å². The minimum absolute atomic E-state index is 0.507. The Balaban J connectivity index is 2.30. The third-order valence-electron chi connectivity index (χ3n) is 2.49. The van der Waals surface area contributed by atoms with Crippen molar-refractivity contribution in [3.8, 4) is 0 Å². The zero-order valence-electron chi connectivity index (χ0n) is 8.23. The number of rotatable bonds is 2. The van der Waals surface area contributed by atoms with E-state index in [4.69, 9.17) is 9.84 Å². The monoisotopic (exact) mass is 230 g/mol. The topological polar surface area (TPSA) is 84.6 Å². The van der Waals surface area contributed by atoms with Crippen LogP contribution in [0.15, 0.2) is 23.3 Å². The average Bonchev–Trinajstić information content (AvgIpc) is 2.57. The number of aliphatic hydroxyl groups is 2. The summed E-state index contributed by atoms with van der Waals surface area (Å²) in [6.45, 7) is -0.507. The Kier molecular flexibility index (Phi) is 2.99. The summed E-state index contributed by atoms with van der Waals surface area (Å²) in [5.41, 5.74) is -0.666. The zero-order valence-corrected chi connectivity index (χ0v) is 8.23. The minimum Gasteiger partial charge on any atom is -0.394 e. The first-order chi connectivity index (χ1) is 7.65. The van der Waals surface area contributed by atoms with Crippen molar-refractivity contribution in [3.63, 3.8) is 0 Å². The molecular formula is C9H11FN2O4. The molecule has 0 bridgehead atoms. The van der Waals surface area contributed by atoms with Crippen LogP contribution in [0.1, 0.15) is 6.23 Å². The van der Waals surface area contributed by atoms with Crippen molar-refractivity contribution < 1.29 is 19.3 Å². The maximum absolute atomic E-state index is 13.6. The molecule has 1 unspecified atom stereocenters. The van der Waals surface area contributed by atoms with Crippen molar-refractivity contribution in [2.24, 2.45) is 0 Å². The molecule has 88 valence electrons. The molecule has 1 aliphatic rings. The van der Waals surface area contributed by atoms with E-state index in [-0.39, 0.29) is 0 Å². The molecule has 2 rings (SSSR count). The normalized spacial score (nSPS) is 34.2. The molecule has 16 heavy (non-hydrogen) atoms. The molecule has 0 spiro atoms. The largest absolute Gasteiger partial charge is 0.394 e. The van der Waals surface area contributed by atoms with Crippen LogP contribution in [0.2, 0.25) is 0 Å². The summed E-state index contributed by atoms with van der Waals surface area (Å²) in [6.07, 6.45) is -2.87. The van der Waals surface area contributed by atoms with Gasteiger partial charge in [0.15, 0.2) is 12.4 Å².